The quantitative estimate of drug-likeness (QED) is 0.0418. The second-order valence-corrected chi connectivity index (χ2v) is 18.8. The highest BCUT2D eigenvalue weighted by atomic mass is 32.2. The van der Waals surface area contributed by atoms with E-state index in [2.05, 4.69) is 98.1 Å². The van der Waals surface area contributed by atoms with E-state index >= 15 is 0 Å². The van der Waals surface area contributed by atoms with Gasteiger partial charge in [0, 0.05) is 43.3 Å². The molecule has 308 valence electrons. The molecule has 0 spiro atoms. The van der Waals surface area contributed by atoms with Crippen LogP contribution >= 0.6 is 57.5 Å². The first-order valence-corrected chi connectivity index (χ1v) is 24.5. The molecule has 0 radical (unpaired) electrons. The second kappa shape index (κ2) is 18.7. The van der Waals surface area contributed by atoms with Crippen LogP contribution < -0.4 is 20.4 Å². The maximum Gasteiger partial charge on any atom is 0.265 e. The number of fused-ring (bicyclic) bond motifs is 2. The Hall–Kier alpha value is -4.71. The minimum Gasteiger partial charge on any atom is -0.372 e. The van der Waals surface area contributed by atoms with E-state index in [1.807, 2.05) is 50.2 Å². The minimum atomic E-state index is -4.22. The first-order valence-electron chi connectivity index (χ1n) is 18.6. The molecule has 2 aromatic carbocycles. The lowest BCUT2D eigenvalue weighted by Gasteiger charge is -2.22. The fraction of sp³-hybridized carbons (Fsp3) is 0.324. The van der Waals surface area contributed by atoms with E-state index in [4.69, 9.17) is 4.98 Å². The van der Waals surface area contributed by atoms with Crippen LogP contribution in [0.4, 0.5) is 56.0 Å². The van der Waals surface area contributed by atoms with Crippen LogP contribution in [0.1, 0.15) is 38.8 Å². The van der Waals surface area contributed by atoms with Crippen LogP contribution in [0.25, 0.3) is 20.4 Å². The van der Waals surface area contributed by atoms with E-state index in [1.54, 1.807) is 22.7 Å². The fourth-order valence-corrected chi connectivity index (χ4v) is 11.4. The number of aromatic nitrogens is 5. The molecule has 0 saturated carbocycles. The van der Waals surface area contributed by atoms with E-state index in [-0.39, 0.29) is 22.8 Å². The summed E-state index contributed by atoms with van der Waals surface area (Å²) in [6.45, 7) is 15.6. The van der Waals surface area contributed by atoms with E-state index in [0.717, 1.165) is 80.9 Å². The molecular weight excluding hydrogens is 867 g/mol. The average Bonchev–Trinajstić information content (AvgIpc) is 4.00. The monoisotopic (exact) mass is 907 g/mol. The number of aryl methyl sites for hydroxylation is 2. The van der Waals surface area contributed by atoms with Gasteiger partial charge in [0.1, 0.15) is 21.0 Å². The lowest BCUT2D eigenvalue weighted by Crippen LogP contribution is -2.21. The third-order valence-electron chi connectivity index (χ3n) is 9.16. The molecule has 59 heavy (non-hydrogen) atoms. The van der Waals surface area contributed by atoms with Crippen molar-refractivity contribution in [1.29, 1.82) is 0 Å². The molecule has 5 aromatic heterocycles. The van der Waals surface area contributed by atoms with Crippen molar-refractivity contribution in [2.75, 3.05) is 58.1 Å². The molecule has 0 atom stereocenters. The van der Waals surface area contributed by atoms with Crippen LogP contribution in [0, 0.1) is 13.8 Å². The first kappa shape index (κ1) is 42.4. The Morgan fingerprint density at radius 2 is 1.15 bits per heavy atom. The summed E-state index contributed by atoms with van der Waals surface area (Å²) in [7, 11) is -4.22. The lowest BCUT2D eigenvalue weighted by molar-refractivity contribution is 0.485. The van der Waals surface area contributed by atoms with Crippen molar-refractivity contribution in [3.63, 3.8) is 0 Å². The van der Waals surface area contributed by atoms with Crippen LogP contribution in [0.15, 0.2) is 72.8 Å². The maximum absolute atomic E-state index is 11.6. The molecule has 7 rings (SSSR count). The summed E-state index contributed by atoms with van der Waals surface area (Å²) in [6.07, 6.45) is 0. The summed E-state index contributed by atoms with van der Waals surface area (Å²) in [5.74, 6) is -0.138. The number of thiophene rings is 2. The van der Waals surface area contributed by atoms with E-state index in [9.17, 15) is 13.0 Å². The van der Waals surface area contributed by atoms with Gasteiger partial charge in [0.2, 0.25) is 11.9 Å². The Bertz CT molecular complexity index is 2590. The van der Waals surface area contributed by atoms with Gasteiger partial charge in [-0.3, -0.25) is 4.55 Å². The summed E-state index contributed by atoms with van der Waals surface area (Å²) in [5, 5.41) is 33.1. The van der Waals surface area contributed by atoms with Gasteiger partial charge < -0.3 is 20.4 Å². The number of thioether (sulfide) groups is 1. The highest BCUT2D eigenvalue weighted by molar-refractivity contribution is 8.00. The van der Waals surface area contributed by atoms with Gasteiger partial charge >= 0.3 is 0 Å². The predicted octanol–water partition coefficient (Wildman–Crippen LogP) is 11.8. The molecule has 16 nitrogen and oxygen atoms in total. The Labute approximate surface area is 362 Å². The summed E-state index contributed by atoms with van der Waals surface area (Å²) in [4.78, 5) is 20.4. The highest BCUT2D eigenvalue weighted by Crippen LogP contribution is 2.41. The lowest BCUT2D eigenvalue weighted by atomic mass is 10.2. The van der Waals surface area contributed by atoms with Gasteiger partial charge in [-0.2, -0.15) is 32.1 Å². The van der Waals surface area contributed by atoms with Crippen molar-refractivity contribution < 1.29 is 13.0 Å². The van der Waals surface area contributed by atoms with Crippen molar-refractivity contribution in [1.82, 2.24) is 23.7 Å². The van der Waals surface area contributed by atoms with Crippen molar-refractivity contribution in [3.8, 4) is 0 Å². The third kappa shape index (κ3) is 10.0. The summed E-state index contributed by atoms with van der Waals surface area (Å²) in [6, 6.07) is 11.7. The third-order valence-corrected chi connectivity index (χ3v) is 14.7. The van der Waals surface area contributed by atoms with Gasteiger partial charge in [-0.15, -0.1) is 43.1 Å². The first-order chi connectivity index (χ1) is 28.5. The van der Waals surface area contributed by atoms with Crippen molar-refractivity contribution in [2.45, 2.75) is 46.7 Å². The molecule has 5 heterocycles. The van der Waals surface area contributed by atoms with Crippen LogP contribution in [0.2, 0.25) is 0 Å². The molecule has 0 amide bonds. The van der Waals surface area contributed by atoms with Gasteiger partial charge in [0.15, 0.2) is 15.2 Å². The van der Waals surface area contributed by atoms with Crippen LogP contribution in [0.3, 0.4) is 0 Å². The minimum absolute atomic E-state index is 0.00613. The van der Waals surface area contributed by atoms with Gasteiger partial charge in [-0.1, -0.05) is 11.8 Å². The van der Waals surface area contributed by atoms with Crippen LogP contribution in [-0.4, -0.2) is 74.4 Å². The largest absolute Gasteiger partial charge is 0.372 e. The van der Waals surface area contributed by atoms with Crippen molar-refractivity contribution in [3.05, 3.63) is 58.3 Å². The molecular formula is C37H41N13O3S6. The van der Waals surface area contributed by atoms with Crippen LogP contribution in [0.5, 0.6) is 0 Å². The standard InChI is InChI=1S/C37H41N13O3S6/c1-7-49(8-2)23-11-13-25(43-45-31-29-21(5)19-55-33(29)47-57-31)27(17-23)38-35-40-36(42-37(41-35)54-15-16-59(51,52)53)39-28-18-24(50(9-3)10-4)12-14-26(28)44-46-32-30-22(6)20-56-34(30)48-58-32/h11-14,17-20H,7-10,15-16H2,1-6H3,(H,51,52,53)(H2,38,39,40,41,42)/b45-43+,46-44+. The Balaban J connectivity index is 1.29. The molecule has 0 aliphatic rings. The number of anilines is 6. The number of benzene rings is 2. The smallest absolute Gasteiger partial charge is 0.265 e. The molecule has 0 fully saturated rings. The number of nitrogens with one attached hydrogen (secondary N) is 2. The summed E-state index contributed by atoms with van der Waals surface area (Å²) < 4.78 is 41.8. The Morgan fingerprint density at radius 1 is 0.695 bits per heavy atom. The Kier molecular flexibility index (Phi) is 13.4. The van der Waals surface area contributed by atoms with E-state index in [0.29, 0.717) is 32.8 Å². The molecule has 0 unspecified atom stereocenters. The van der Waals surface area contributed by atoms with Crippen LogP contribution in [-0.2, 0) is 10.1 Å². The molecule has 0 bridgehead atoms. The van der Waals surface area contributed by atoms with Gasteiger partial charge in [-0.25, -0.2) is 0 Å². The number of nitrogens with zero attached hydrogens (tertiary/aromatic N) is 11. The molecule has 0 saturated heterocycles. The fourth-order valence-electron chi connectivity index (χ4n) is 6.12. The molecule has 0 aliphatic carbocycles. The number of rotatable bonds is 18. The zero-order chi connectivity index (χ0) is 41.7. The zero-order valence-electron chi connectivity index (χ0n) is 33.0. The van der Waals surface area contributed by atoms with Crippen molar-refractivity contribution in [2.24, 2.45) is 20.5 Å². The normalized spacial score (nSPS) is 12.1. The topological polar surface area (TPSA) is 199 Å². The SMILES string of the molecule is CCN(CC)c1ccc(/N=N/c2snc3scc(C)c23)c(Nc2nc(Nc3cc(N(CC)CC)ccc3/N=N/c3snc4scc(C)c34)nc(SCCS(=O)(=O)O)n2)c1. The predicted molar refractivity (Wildman–Crippen MR) is 246 cm³/mol. The summed E-state index contributed by atoms with van der Waals surface area (Å²) in [5.41, 5.74) is 6.36. The van der Waals surface area contributed by atoms with Gasteiger partial charge in [-0.05, 0) is 123 Å². The Morgan fingerprint density at radius 3 is 1.58 bits per heavy atom. The molecule has 7 aromatic rings. The highest BCUT2D eigenvalue weighted by Gasteiger charge is 2.18. The maximum atomic E-state index is 11.6. The van der Waals surface area contributed by atoms with E-state index in [1.165, 1.54) is 23.1 Å². The molecule has 3 N–H and O–H groups in total. The van der Waals surface area contributed by atoms with Gasteiger partial charge in [0.05, 0.1) is 27.9 Å². The molecule has 22 heteroatoms. The number of hydrogen-bond acceptors (Lipinski definition) is 20. The average molecular weight is 908 g/mol. The molecule has 0 aliphatic heterocycles. The number of azo groups is 2. The van der Waals surface area contributed by atoms with E-state index < -0.39 is 15.9 Å². The summed E-state index contributed by atoms with van der Waals surface area (Å²) >= 11 is 6.82. The second-order valence-electron chi connectivity index (χ2n) is 13.0. The zero-order valence-corrected chi connectivity index (χ0v) is 37.9. The van der Waals surface area contributed by atoms with Crippen molar-refractivity contribution >= 4 is 144 Å². The van der Waals surface area contributed by atoms with Gasteiger partial charge in [0.25, 0.3) is 10.1 Å². The number of hydrogen-bond donors (Lipinski definition) is 3.